The smallest absolute Gasteiger partial charge is 0.107 e. The fourth-order valence-corrected chi connectivity index (χ4v) is 3.63. The number of aromatic nitrogens is 1. The number of fused-ring (bicyclic) bond motifs is 2. The van der Waals surface area contributed by atoms with Crippen molar-refractivity contribution in [3.63, 3.8) is 0 Å². The van der Waals surface area contributed by atoms with Crippen molar-refractivity contribution in [3.05, 3.63) is 16.6 Å². The molecule has 3 rings (SSSR count). The van der Waals surface area contributed by atoms with Crippen molar-refractivity contribution in [3.8, 4) is 0 Å². The monoisotopic (exact) mass is 224 g/mol. The molecule has 2 heterocycles. The lowest BCUT2D eigenvalue weighted by Crippen LogP contribution is -2.37. The number of hydrogen-bond acceptors (Lipinski definition) is 4. The molecule has 0 N–H and O–H groups in total. The van der Waals surface area contributed by atoms with Crippen molar-refractivity contribution in [1.29, 1.82) is 0 Å². The molecule has 2 aliphatic rings. The first-order valence-corrected chi connectivity index (χ1v) is 6.40. The second-order valence-electron chi connectivity index (χ2n) is 4.51. The molecule has 1 aliphatic carbocycles. The summed E-state index contributed by atoms with van der Waals surface area (Å²) in [6.45, 7) is 2.23. The first kappa shape index (κ1) is 9.75. The number of methoxy groups -OCH3 is 1. The predicted octanol–water partition coefficient (Wildman–Crippen LogP) is 1.75. The van der Waals surface area contributed by atoms with Gasteiger partial charge in [-0.05, 0) is 18.8 Å². The minimum absolute atomic E-state index is 0.516. The summed E-state index contributed by atoms with van der Waals surface area (Å²) in [6.07, 6.45) is 4.95. The largest absolute Gasteiger partial charge is 0.381 e. The number of rotatable bonds is 3. The van der Waals surface area contributed by atoms with E-state index in [4.69, 9.17) is 4.74 Å². The number of thiazole rings is 1. The second-order valence-corrected chi connectivity index (χ2v) is 5.49. The molecule has 15 heavy (non-hydrogen) atoms. The maximum absolute atomic E-state index is 5.49. The van der Waals surface area contributed by atoms with Gasteiger partial charge in [0.15, 0.2) is 0 Å². The lowest BCUT2D eigenvalue weighted by molar-refractivity contribution is 0.0309. The van der Waals surface area contributed by atoms with Crippen LogP contribution in [-0.4, -0.2) is 35.7 Å². The van der Waals surface area contributed by atoms with Gasteiger partial charge in [-0.1, -0.05) is 0 Å². The van der Waals surface area contributed by atoms with Crippen molar-refractivity contribution >= 4 is 11.3 Å². The van der Waals surface area contributed by atoms with Gasteiger partial charge in [0.2, 0.25) is 0 Å². The molecule has 1 aromatic rings. The van der Waals surface area contributed by atoms with E-state index in [1.807, 2.05) is 13.3 Å². The molecule has 1 aliphatic heterocycles. The van der Waals surface area contributed by atoms with Crippen LogP contribution in [0.4, 0.5) is 0 Å². The van der Waals surface area contributed by atoms with Crippen molar-refractivity contribution in [2.45, 2.75) is 31.5 Å². The average Bonchev–Trinajstić information content (AvgIpc) is 2.92. The number of likely N-dealkylation sites (tertiary alicyclic amines) is 1. The van der Waals surface area contributed by atoms with Crippen molar-refractivity contribution in [2.75, 3.05) is 13.7 Å². The topological polar surface area (TPSA) is 25.4 Å². The molecule has 1 saturated heterocycles. The number of ether oxygens (including phenoxy) is 1. The molecule has 82 valence electrons. The normalized spacial score (nSPS) is 35.1. The van der Waals surface area contributed by atoms with Gasteiger partial charge in [-0.3, -0.25) is 4.90 Å². The molecule has 1 saturated carbocycles. The van der Waals surface area contributed by atoms with Gasteiger partial charge in [0, 0.05) is 31.3 Å². The summed E-state index contributed by atoms with van der Waals surface area (Å²) in [5.41, 5.74) is 0. The average molecular weight is 224 g/mol. The number of hydrogen-bond donors (Lipinski definition) is 0. The molecule has 1 aromatic heterocycles. The number of piperidine rings is 1. The zero-order valence-corrected chi connectivity index (χ0v) is 9.74. The first-order valence-electron chi connectivity index (χ1n) is 5.52. The van der Waals surface area contributed by atoms with E-state index in [2.05, 4.69) is 15.3 Å². The summed E-state index contributed by atoms with van der Waals surface area (Å²) in [6, 6.07) is 0.740. The highest BCUT2D eigenvalue weighted by Gasteiger charge is 2.44. The van der Waals surface area contributed by atoms with Crippen LogP contribution in [0.2, 0.25) is 0 Å². The molecular weight excluding hydrogens is 208 g/mol. The molecule has 0 aromatic carbocycles. The van der Waals surface area contributed by atoms with Crippen LogP contribution in [0.1, 0.15) is 17.8 Å². The van der Waals surface area contributed by atoms with E-state index in [1.54, 1.807) is 11.3 Å². The molecule has 0 unspecified atom stereocenters. The molecule has 4 heteroatoms. The van der Waals surface area contributed by atoms with Gasteiger partial charge < -0.3 is 4.74 Å². The van der Waals surface area contributed by atoms with Gasteiger partial charge in [-0.15, -0.1) is 11.3 Å². The quantitative estimate of drug-likeness (QED) is 0.782. The van der Waals surface area contributed by atoms with Gasteiger partial charge in [0.05, 0.1) is 12.6 Å². The Morgan fingerprint density at radius 3 is 3.13 bits per heavy atom. The third-order valence-electron chi connectivity index (χ3n) is 3.71. The number of nitrogens with zero attached hydrogens (tertiary/aromatic N) is 2. The molecule has 3 nitrogen and oxygen atoms in total. The predicted molar refractivity (Wildman–Crippen MR) is 59.8 cm³/mol. The summed E-state index contributed by atoms with van der Waals surface area (Å²) < 4.78 is 5.49. The van der Waals surface area contributed by atoms with Crippen LogP contribution in [0.3, 0.4) is 0 Å². The zero-order chi connectivity index (χ0) is 10.3. The van der Waals surface area contributed by atoms with Crippen LogP contribution in [0, 0.1) is 5.92 Å². The Bertz CT molecular complexity index is 327. The summed E-state index contributed by atoms with van der Waals surface area (Å²) in [5.74, 6) is 0.764. The summed E-state index contributed by atoms with van der Waals surface area (Å²) in [4.78, 5) is 6.92. The van der Waals surface area contributed by atoms with Gasteiger partial charge >= 0.3 is 0 Å². The Morgan fingerprint density at radius 2 is 2.53 bits per heavy atom. The lowest BCUT2D eigenvalue weighted by Gasteiger charge is -2.29. The highest BCUT2D eigenvalue weighted by atomic mass is 32.1. The third kappa shape index (κ3) is 1.71. The molecule has 0 amide bonds. The van der Waals surface area contributed by atoms with Gasteiger partial charge in [-0.2, -0.15) is 0 Å². The van der Waals surface area contributed by atoms with Crippen molar-refractivity contribution < 1.29 is 4.74 Å². The van der Waals surface area contributed by atoms with Crippen LogP contribution < -0.4 is 0 Å². The highest BCUT2D eigenvalue weighted by molar-refractivity contribution is 7.09. The standard InChI is InChI=1S/C11H16N2OS/c1-14-10-5-9-4-8(10)6-13(9)7-11-12-2-3-15-11/h2-3,8-10H,4-7H2,1H3/t8-,9+,10+/m0/s1. The van der Waals surface area contributed by atoms with Gasteiger partial charge in [-0.25, -0.2) is 4.98 Å². The Kier molecular flexibility index (Phi) is 2.50. The van der Waals surface area contributed by atoms with E-state index in [0.717, 1.165) is 18.5 Å². The maximum Gasteiger partial charge on any atom is 0.107 e. The Hall–Kier alpha value is -0.450. The van der Waals surface area contributed by atoms with E-state index >= 15 is 0 Å². The van der Waals surface area contributed by atoms with Crippen molar-refractivity contribution in [1.82, 2.24) is 9.88 Å². The summed E-state index contributed by atoms with van der Waals surface area (Å²) >= 11 is 1.76. The van der Waals surface area contributed by atoms with E-state index in [-0.39, 0.29) is 0 Å². The lowest BCUT2D eigenvalue weighted by atomic mass is 10.1. The molecular formula is C11H16N2OS. The Balaban J connectivity index is 1.63. The second kappa shape index (κ2) is 3.85. The van der Waals surface area contributed by atoms with Crippen LogP contribution in [0.5, 0.6) is 0 Å². The van der Waals surface area contributed by atoms with E-state index in [0.29, 0.717) is 6.10 Å². The summed E-state index contributed by atoms with van der Waals surface area (Å²) in [7, 11) is 1.84. The van der Waals surface area contributed by atoms with Crippen LogP contribution in [-0.2, 0) is 11.3 Å². The van der Waals surface area contributed by atoms with Crippen LogP contribution >= 0.6 is 11.3 Å². The summed E-state index contributed by atoms with van der Waals surface area (Å²) in [5, 5.41) is 3.30. The van der Waals surface area contributed by atoms with Crippen LogP contribution in [0.15, 0.2) is 11.6 Å². The SMILES string of the molecule is CO[C@@H]1C[C@H]2C[C@H]1CN2Cc1nccs1. The third-order valence-corrected chi connectivity index (χ3v) is 4.48. The fourth-order valence-electron chi connectivity index (χ4n) is 2.99. The van der Waals surface area contributed by atoms with E-state index in [9.17, 15) is 0 Å². The molecule has 2 fully saturated rings. The Labute approximate surface area is 94.1 Å². The van der Waals surface area contributed by atoms with Gasteiger partial charge in [0.1, 0.15) is 5.01 Å². The molecule has 3 atom stereocenters. The van der Waals surface area contributed by atoms with Crippen molar-refractivity contribution in [2.24, 2.45) is 5.92 Å². The fraction of sp³-hybridized carbons (Fsp3) is 0.727. The molecule has 0 spiro atoms. The minimum atomic E-state index is 0.516. The first-order chi connectivity index (χ1) is 7.36. The van der Waals surface area contributed by atoms with E-state index in [1.165, 1.54) is 24.4 Å². The zero-order valence-electron chi connectivity index (χ0n) is 8.93. The Morgan fingerprint density at radius 1 is 1.60 bits per heavy atom. The highest BCUT2D eigenvalue weighted by Crippen LogP contribution is 2.39. The molecule has 2 bridgehead atoms. The maximum atomic E-state index is 5.49. The minimum Gasteiger partial charge on any atom is -0.381 e. The molecule has 0 radical (unpaired) electrons. The van der Waals surface area contributed by atoms with E-state index < -0.39 is 0 Å². The van der Waals surface area contributed by atoms with Crippen LogP contribution in [0.25, 0.3) is 0 Å². The van der Waals surface area contributed by atoms with Gasteiger partial charge in [0.25, 0.3) is 0 Å².